The molecule has 0 aromatic heterocycles. The predicted octanol–water partition coefficient (Wildman–Crippen LogP) is 2.99. The average molecular weight is 349 g/mol. The summed E-state index contributed by atoms with van der Waals surface area (Å²) in [7, 11) is 1.51. The van der Waals surface area contributed by atoms with Crippen molar-refractivity contribution in [1.82, 2.24) is 4.90 Å². The molecule has 2 N–H and O–H groups in total. The number of halogens is 2. The summed E-state index contributed by atoms with van der Waals surface area (Å²) >= 11 is 6.03. The number of nitrogens with two attached hydrogens (primary N) is 1. The number of carbonyl (C=O) groups excluding carboxylic acids is 1. The first-order valence-corrected chi connectivity index (χ1v) is 7.41. The molecule has 5 nitrogen and oxygen atoms in total. The van der Waals surface area contributed by atoms with Crippen molar-refractivity contribution in [2.45, 2.75) is 32.5 Å². The van der Waals surface area contributed by atoms with Crippen molar-refractivity contribution >= 4 is 35.6 Å². The number of methoxy groups -OCH3 is 1. The molecule has 1 aromatic rings. The van der Waals surface area contributed by atoms with E-state index in [1.54, 1.807) is 17.0 Å². The van der Waals surface area contributed by atoms with Gasteiger partial charge in [-0.3, -0.25) is 4.79 Å². The molecule has 22 heavy (non-hydrogen) atoms. The van der Waals surface area contributed by atoms with Gasteiger partial charge in [-0.25, -0.2) is 0 Å². The van der Waals surface area contributed by atoms with E-state index < -0.39 is 0 Å². The first-order chi connectivity index (χ1) is 9.96. The lowest BCUT2D eigenvalue weighted by Gasteiger charge is -2.36. The molecule has 0 bridgehead atoms. The van der Waals surface area contributed by atoms with Crippen LogP contribution in [0, 0.1) is 0 Å². The standard InChI is InChI=1S/C15H21ClN2O3.ClH/c1-4-10-8-18(7-9(2)21-10)15(19)11-5-12(16)13(17)6-14(11)20-3;/h5-6,9-10H,4,7-8,17H2,1-3H3;1H. The summed E-state index contributed by atoms with van der Waals surface area (Å²) < 4.78 is 11.0. The summed E-state index contributed by atoms with van der Waals surface area (Å²) in [5.41, 5.74) is 6.58. The van der Waals surface area contributed by atoms with Crippen LogP contribution in [0.2, 0.25) is 5.02 Å². The number of rotatable bonds is 3. The van der Waals surface area contributed by atoms with Gasteiger partial charge in [0, 0.05) is 19.2 Å². The highest BCUT2D eigenvalue weighted by molar-refractivity contribution is 6.33. The Kier molecular flexibility index (Phi) is 6.78. The molecule has 1 saturated heterocycles. The number of ether oxygens (including phenoxy) is 2. The van der Waals surface area contributed by atoms with Crippen LogP contribution in [0.3, 0.4) is 0 Å². The van der Waals surface area contributed by atoms with E-state index in [0.717, 1.165) is 6.42 Å². The largest absolute Gasteiger partial charge is 0.496 e. The highest BCUT2D eigenvalue weighted by Crippen LogP contribution is 2.30. The van der Waals surface area contributed by atoms with Crippen LogP contribution >= 0.6 is 24.0 Å². The van der Waals surface area contributed by atoms with Crippen LogP contribution in [0.25, 0.3) is 0 Å². The van der Waals surface area contributed by atoms with E-state index in [1.165, 1.54) is 7.11 Å². The highest BCUT2D eigenvalue weighted by atomic mass is 35.5. The Morgan fingerprint density at radius 1 is 1.50 bits per heavy atom. The predicted molar refractivity (Wildman–Crippen MR) is 90.2 cm³/mol. The Bertz CT molecular complexity index is 540. The first-order valence-electron chi connectivity index (χ1n) is 7.04. The highest BCUT2D eigenvalue weighted by Gasteiger charge is 2.29. The number of anilines is 1. The van der Waals surface area contributed by atoms with Crippen LogP contribution < -0.4 is 10.5 Å². The van der Waals surface area contributed by atoms with Crippen LogP contribution in [0.4, 0.5) is 5.69 Å². The SMILES string of the molecule is CCC1CN(C(=O)c2cc(Cl)c(N)cc2OC)CC(C)O1.Cl. The Morgan fingerprint density at radius 2 is 2.18 bits per heavy atom. The third-order valence-electron chi connectivity index (χ3n) is 3.62. The second-order valence-corrected chi connectivity index (χ2v) is 5.67. The fourth-order valence-corrected chi connectivity index (χ4v) is 2.68. The van der Waals surface area contributed by atoms with Crippen LogP contribution in [-0.2, 0) is 4.74 Å². The van der Waals surface area contributed by atoms with Gasteiger partial charge in [0.25, 0.3) is 5.91 Å². The van der Waals surface area contributed by atoms with Crippen LogP contribution in [0.1, 0.15) is 30.6 Å². The maximum Gasteiger partial charge on any atom is 0.257 e. The van der Waals surface area contributed by atoms with Crippen LogP contribution in [-0.4, -0.2) is 43.2 Å². The molecule has 124 valence electrons. The molecule has 1 heterocycles. The number of morpholine rings is 1. The molecule has 0 radical (unpaired) electrons. The summed E-state index contributed by atoms with van der Waals surface area (Å²) in [5.74, 6) is 0.330. The minimum Gasteiger partial charge on any atom is -0.496 e. The molecule has 2 atom stereocenters. The van der Waals surface area contributed by atoms with E-state index in [9.17, 15) is 4.79 Å². The number of carbonyl (C=O) groups is 1. The molecule has 0 spiro atoms. The maximum absolute atomic E-state index is 12.7. The van der Waals surface area contributed by atoms with Gasteiger partial charge in [-0.05, 0) is 19.4 Å². The third kappa shape index (κ3) is 3.97. The molecular weight excluding hydrogens is 327 g/mol. The number of amides is 1. The molecule has 7 heteroatoms. The van der Waals surface area contributed by atoms with Gasteiger partial charge in [0.2, 0.25) is 0 Å². The molecule has 0 saturated carbocycles. The molecule has 1 amide bonds. The number of nitrogens with zero attached hydrogens (tertiary/aromatic N) is 1. The number of hydrogen-bond donors (Lipinski definition) is 1. The number of benzene rings is 1. The van der Waals surface area contributed by atoms with Gasteiger partial charge >= 0.3 is 0 Å². The smallest absolute Gasteiger partial charge is 0.257 e. The van der Waals surface area contributed by atoms with Crippen molar-refractivity contribution in [3.05, 3.63) is 22.7 Å². The second kappa shape index (κ2) is 7.90. The van der Waals surface area contributed by atoms with Crippen molar-refractivity contribution in [2.75, 3.05) is 25.9 Å². The van der Waals surface area contributed by atoms with Gasteiger partial charge in [0.05, 0.1) is 35.6 Å². The van der Waals surface area contributed by atoms with E-state index in [2.05, 4.69) is 0 Å². The molecule has 1 fully saturated rings. The van der Waals surface area contributed by atoms with Gasteiger partial charge < -0.3 is 20.1 Å². The zero-order valence-corrected chi connectivity index (χ0v) is 14.5. The van der Waals surface area contributed by atoms with E-state index in [1.807, 2.05) is 13.8 Å². The summed E-state index contributed by atoms with van der Waals surface area (Å²) in [4.78, 5) is 14.5. The average Bonchev–Trinajstić information content (AvgIpc) is 2.48. The Labute approximate surface area is 142 Å². The van der Waals surface area contributed by atoms with Gasteiger partial charge in [-0.1, -0.05) is 18.5 Å². The summed E-state index contributed by atoms with van der Waals surface area (Å²) in [6, 6.07) is 3.15. The van der Waals surface area contributed by atoms with Crippen molar-refractivity contribution in [1.29, 1.82) is 0 Å². The van der Waals surface area contributed by atoms with E-state index in [4.69, 9.17) is 26.8 Å². The Hall–Kier alpha value is -1.17. The zero-order chi connectivity index (χ0) is 15.6. The zero-order valence-electron chi connectivity index (χ0n) is 13.0. The minimum absolute atomic E-state index is 0. The quantitative estimate of drug-likeness (QED) is 0.852. The van der Waals surface area contributed by atoms with Gasteiger partial charge in [-0.2, -0.15) is 0 Å². The molecule has 2 rings (SSSR count). The Balaban J connectivity index is 0.00000242. The summed E-state index contributed by atoms with van der Waals surface area (Å²) in [5, 5.41) is 0.354. The minimum atomic E-state index is -0.109. The summed E-state index contributed by atoms with van der Waals surface area (Å²) in [6.45, 7) is 5.15. The van der Waals surface area contributed by atoms with Gasteiger partial charge in [-0.15, -0.1) is 12.4 Å². The fraction of sp³-hybridized carbons (Fsp3) is 0.533. The van der Waals surface area contributed by atoms with Crippen LogP contribution in [0.5, 0.6) is 5.75 Å². The van der Waals surface area contributed by atoms with Gasteiger partial charge in [0.1, 0.15) is 5.75 Å². The molecular formula is C15H22Cl2N2O3. The molecule has 2 unspecified atom stereocenters. The fourth-order valence-electron chi connectivity index (χ4n) is 2.51. The van der Waals surface area contributed by atoms with E-state index in [-0.39, 0.29) is 30.5 Å². The monoisotopic (exact) mass is 348 g/mol. The lowest BCUT2D eigenvalue weighted by atomic mass is 10.1. The van der Waals surface area contributed by atoms with E-state index >= 15 is 0 Å². The third-order valence-corrected chi connectivity index (χ3v) is 3.95. The maximum atomic E-state index is 12.7. The van der Waals surface area contributed by atoms with Crippen molar-refractivity contribution in [2.24, 2.45) is 0 Å². The normalized spacial score (nSPS) is 21.2. The van der Waals surface area contributed by atoms with Crippen molar-refractivity contribution in [3.63, 3.8) is 0 Å². The summed E-state index contributed by atoms with van der Waals surface area (Å²) in [6.07, 6.45) is 0.948. The number of nitrogen functional groups attached to an aromatic ring is 1. The second-order valence-electron chi connectivity index (χ2n) is 5.26. The van der Waals surface area contributed by atoms with Crippen molar-refractivity contribution < 1.29 is 14.3 Å². The van der Waals surface area contributed by atoms with Crippen LogP contribution in [0.15, 0.2) is 12.1 Å². The molecule has 0 aliphatic carbocycles. The van der Waals surface area contributed by atoms with Crippen molar-refractivity contribution in [3.8, 4) is 5.75 Å². The van der Waals surface area contributed by atoms with Gasteiger partial charge in [0.15, 0.2) is 0 Å². The Morgan fingerprint density at radius 3 is 2.77 bits per heavy atom. The lowest BCUT2D eigenvalue weighted by molar-refractivity contribution is -0.0681. The molecule has 1 aliphatic heterocycles. The van der Waals surface area contributed by atoms with E-state index in [0.29, 0.717) is 35.1 Å². The lowest BCUT2D eigenvalue weighted by Crippen LogP contribution is -2.49. The topological polar surface area (TPSA) is 64.8 Å². The molecule has 1 aromatic carbocycles. The number of hydrogen-bond acceptors (Lipinski definition) is 4. The first kappa shape index (κ1) is 18.9. The molecule has 1 aliphatic rings.